The summed E-state index contributed by atoms with van der Waals surface area (Å²) in [5.74, 6) is -1.60. The van der Waals surface area contributed by atoms with E-state index in [0.717, 1.165) is 16.7 Å². The molecule has 0 unspecified atom stereocenters. The van der Waals surface area contributed by atoms with Gasteiger partial charge in [-0.1, -0.05) is 6.07 Å². The second kappa shape index (κ2) is 8.40. The molecule has 10 heteroatoms. The molecule has 0 bridgehead atoms. The summed E-state index contributed by atoms with van der Waals surface area (Å²) in [6.07, 6.45) is 1.09. The zero-order valence-corrected chi connectivity index (χ0v) is 14.7. The van der Waals surface area contributed by atoms with Crippen LogP contribution in [0.2, 0.25) is 0 Å². The third-order valence-electron chi connectivity index (χ3n) is 4.40. The molecule has 1 fully saturated rings. The van der Waals surface area contributed by atoms with Crippen molar-refractivity contribution in [1.82, 2.24) is 14.5 Å². The molecular formula is C17H20F2N4O4. The number of aromatic nitrogens is 3. The molecule has 3 rings (SSSR count). The minimum atomic E-state index is -0.780. The number of halogens is 2. The first-order valence-corrected chi connectivity index (χ1v) is 8.50. The summed E-state index contributed by atoms with van der Waals surface area (Å²) in [5, 5.41) is 2.78. The van der Waals surface area contributed by atoms with Crippen molar-refractivity contribution in [2.45, 2.75) is 24.9 Å². The average Bonchev–Trinajstić information content (AvgIpc) is 2.62. The Morgan fingerprint density at radius 1 is 1.37 bits per heavy atom. The molecule has 0 aliphatic carbocycles. The number of hydrogen-bond acceptors (Lipinski definition) is 6. The van der Waals surface area contributed by atoms with Crippen molar-refractivity contribution in [2.24, 2.45) is 0 Å². The van der Waals surface area contributed by atoms with Crippen molar-refractivity contribution in [3.63, 3.8) is 0 Å². The quantitative estimate of drug-likeness (QED) is 0.783. The van der Waals surface area contributed by atoms with E-state index < -0.39 is 29.1 Å². The number of rotatable bonds is 6. The van der Waals surface area contributed by atoms with Crippen LogP contribution in [0.1, 0.15) is 30.5 Å². The van der Waals surface area contributed by atoms with Crippen molar-refractivity contribution >= 4 is 5.95 Å². The fraction of sp³-hybridized carbons (Fsp3) is 0.471. The topological polar surface area (TPSA) is 98.2 Å². The van der Waals surface area contributed by atoms with E-state index in [1.54, 1.807) is 0 Å². The summed E-state index contributed by atoms with van der Waals surface area (Å²) in [5.41, 5.74) is -1.20. The van der Waals surface area contributed by atoms with Crippen LogP contribution in [-0.2, 0) is 9.47 Å². The Morgan fingerprint density at radius 3 is 2.74 bits per heavy atom. The van der Waals surface area contributed by atoms with E-state index in [0.29, 0.717) is 26.1 Å². The third-order valence-corrected chi connectivity index (χ3v) is 4.40. The predicted octanol–water partition coefficient (Wildman–Crippen LogP) is 1.36. The van der Waals surface area contributed by atoms with Gasteiger partial charge < -0.3 is 14.8 Å². The number of ether oxygens (including phenoxy) is 2. The Morgan fingerprint density at radius 2 is 2.11 bits per heavy atom. The molecule has 1 aliphatic rings. The molecular weight excluding hydrogens is 362 g/mol. The van der Waals surface area contributed by atoms with E-state index in [4.69, 9.17) is 9.47 Å². The molecule has 1 aromatic heterocycles. The van der Waals surface area contributed by atoms with Gasteiger partial charge in [0.2, 0.25) is 5.95 Å². The lowest BCUT2D eigenvalue weighted by molar-refractivity contribution is 0.0670. The number of hydrogen-bond donors (Lipinski definition) is 2. The highest BCUT2D eigenvalue weighted by atomic mass is 19.1. The molecule has 1 aromatic carbocycles. The maximum Gasteiger partial charge on any atom is 0.355 e. The molecule has 0 amide bonds. The second-order valence-electron chi connectivity index (χ2n) is 6.20. The standard InChI is InChI=1S/C17H20F2N4O4/c1-26-9-14(12-3-2-10(18)8-13(12)19)20-15-21-16(24)23(17(25)22-15)11-4-6-27-7-5-11/h2-3,8,11,14H,4-7,9H2,1H3,(H2,20,21,22,24,25)/t14-/m0/s1. The van der Waals surface area contributed by atoms with Crippen LogP contribution in [0, 0.1) is 11.6 Å². The number of benzene rings is 1. The van der Waals surface area contributed by atoms with E-state index in [1.165, 1.54) is 13.2 Å². The van der Waals surface area contributed by atoms with Crippen LogP contribution in [-0.4, -0.2) is 41.5 Å². The number of methoxy groups -OCH3 is 1. The molecule has 1 saturated heterocycles. The molecule has 27 heavy (non-hydrogen) atoms. The van der Waals surface area contributed by atoms with Crippen molar-refractivity contribution in [1.29, 1.82) is 0 Å². The Labute approximate surface area is 153 Å². The lowest BCUT2D eigenvalue weighted by Crippen LogP contribution is -2.42. The third kappa shape index (κ3) is 4.40. The fourth-order valence-electron chi connectivity index (χ4n) is 3.08. The van der Waals surface area contributed by atoms with Gasteiger partial charge in [-0.3, -0.25) is 4.98 Å². The summed E-state index contributed by atoms with van der Waals surface area (Å²) in [4.78, 5) is 31.1. The summed E-state index contributed by atoms with van der Waals surface area (Å²) in [6.45, 7) is 0.946. The number of aromatic amines is 1. The van der Waals surface area contributed by atoms with Crippen molar-refractivity contribution in [3.05, 3.63) is 56.4 Å². The Hall–Kier alpha value is -2.59. The maximum absolute atomic E-state index is 14.1. The first kappa shape index (κ1) is 19.2. The highest BCUT2D eigenvalue weighted by Gasteiger charge is 2.22. The molecule has 2 N–H and O–H groups in total. The lowest BCUT2D eigenvalue weighted by atomic mass is 10.1. The van der Waals surface area contributed by atoms with Gasteiger partial charge in [-0.2, -0.15) is 4.98 Å². The molecule has 8 nitrogen and oxygen atoms in total. The van der Waals surface area contributed by atoms with Gasteiger partial charge in [-0.25, -0.2) is 22.9 Å². The average molecular weight is 382 g/mol. The largest absolute Gasteiger partial charge is 0.382 e. The number of nitrogens with zero attached hydrogens (tertiary/aromatic N) is 2. The summed E-state index contributed by atoms with van der Waals surface area (Å²) < 4.78 is 38.6. The van der Waals surface area contributed by atoms with E-state index in [2.05, 4.69) is 15.3 Å². The van der Waals surface area contributed by atoms with Crippen LogP contribution >= 0.6 is 0 Å². The summed E-state index contributed by atoms with van der Waals surface area (Å²) in [6, 6.07) is 2.07. The minimum absolute atomic E-state index is 0.00924. The van der Waals surface area contributed by atoms with Gasteiger partial charge in [-0.05, 0) is 18.9 Å². The fourth-order valence-corrected chi connectivity index (χ4v) is 3.08. The molecule has 0 radical (unpaired) electrons. The molecule has 2 aromatic rings. The van der Waals surface area contributed by atoms with Crippen LogP contribution < -0.4 is 16.7 Å². The van der Waals surface area contributed by atoms with Gasteiger partial charge in [0.15, 0.2) is 0 Å². The molecule has 2 heterocycles. The van der Waals surface area contributed by atoms with Crippen LogP contribution in [0.15, 0.2) is 27.8 Å². The van der Waals surface area contributed by atoms with Crippen molar-refractivity contribution < 1.29 is 18.3 Å². The maximum atomic E-state index is 14.1. The number of nitrogens with one attached hydrogen (secondary N) is 2. The van der Waals surface area contributed by atoms with Crippen LogP contribution in [0.3, 0.4) is 0 Å². The first-order chi connectivity index (χ1) is 13.0. The number of anilines is 1. The Bertz CT molecular complexity index is 877. The van der Waals surface area contributed by atoms with E-state index in [-0.39, 0.29) is 24.2 Å². The van der Waals surface area contributed by atoms with Gasteiger partial charge in [0.25, 0.3) is 0 Å². The van der Waals surface area contributed by atoms with Gasteiger partial charge in [0.1, 0.15) is 11.6 Å². The Balaban J connectivity index is 1.88. The highest BCUT2D eigenvalue weighted by Crippen LogP contribution is 2.21. The molecule has 1 aliphatic heterocycles. The van der Waals surface area contributed by atoms with E-state index >= 15 is 0 Å². The summed E-state index contributed by atoms with van der Waals surface area (Å²) >= 11 is 0. The minimum Gasteiger partial charge on any atom is -0.382 e. The van der Waals surface area contributed by atoms with E-state index in [1.807, 2.05) is 0 Å². The smallest absolute Gasteiger partial charge is 0.355 e. The zero-order valence-electron chi connectivity index (χ0n) is 14.7. The van der Waals surface area contributed by atoms with Crippen LogP contribution in [0.25, 0.3) is 0 Å². The normalized spacial score (nSPS) is 16.3. The molecule has 0 spiro atoms. The zero-order chi connectivity index (χ0) is 19.4. The predicted molar refractivity (Wildman–Crippen MR) is 92.8 cm³/mol. The Kier molecular flexibility index (Phi) is 5.97. The molecule has 146 valence electrons. The van der Waals surface area contributed by atoms with E-state index in [9.17, 15) is 18.4 Å². The van der Waals surface area contributed by atoms with Gasteiger partial charge in [0, 0.05) is 38.0 Å². The SMILES string of the molecule is COC[C@H](Nc1nc(=O)n(C2CCOCC2)c(=O)[nH]1)c1ccc(F)cc1F. The van der Waals surface area contributed by atoms with Crippen molar-refractivity contribution in [3.8, 4) is 0 Å². The molecule has 1 atom stereocenters. The highest BCUT2D eigenvalue weighted by molar-refractivity contribution is 5.32. The van der Waals surface area contributed by atoms with Gasteiger partial charge in [-0.15, -0.1) is 0 Å². The lowest BCUT2D eigenvalue weighted by Gasteiger charge is -2.23. The molecule has 0 saturated carbocycles. The monoisotopic (exact) mass is 382 g/mol. The number of H-pyrrole nitrogens is 1. The van der Waals surface area contributed by atoms with Gasteiger partial charge >= 0.3 is 11.4 Å². The second-order valence-corrected chi connectivity index (χ2v) is 6.20. The van der Waals surface area contributed by atoms with Crippen LogP contribution in [0.4, 0.5) is 14.7 Å². The summed E-state index contributed by atoms with van der Waals surface area (Å²) in [7, 11) is 1.41. The first-order valence-electron chi connectivity index (χ1n) is 8.50. The van der Waals surface area contributed by atoms with Crippen molar-refractivity contribution in [2.75, 3.05) is 32.2 Å². The van der Waals surface area contributed by atoms with Gasteiger partial charge in [0.05, 0.1) is 12.6 Å². The van der Waals surface area contributed by atoms with Crippen LogP contribution in [0.5, 0.6) is 0 Å².